The third kappa shape index (κ3) is 3.48. The Kier molecular flexibility index (Phi) is 5.13. The normalized spacial score (nSPS) is 18.9. The molecule has 6 aromatic rings. The number of furan rings is 2. The first-order valence-corrected chi connectivity index (χ1v) is 14.1. The van der Waals surface area contributed by atoms with E-state index in [1.165, 1.54) is 11.1 Å². The highest BCUT2D eigenvalue weighted by Gasteiger charge is 2.32. The molecule has 204 valence electrons. The van der Waals surface area contributed by atoms with E-state index in [4.69, 9.17) is 8.83 Å². The van der Waals surface area contributed by atoms with E-state index < -0.39 is 0 Å². The number of aryl methyl sites for hydroxylation is 2. The maximum atomic E-state index is 6.41. The summed E-state index contributed by atoms with van der Waals surface area (Å²) >= 11 is 0. The fourth-order valence-corrected chi connectivity index (χ4v) is 6.47. The van der Waals surface area contributed by atoms with Gasteiger partial charge in [0, 0.05) is 52.5 Å². The minimum atomic E-state index is 0.112. The number of nitrogens with zero attached hydrogens (tertiary/aromatic N) is 5. The van der Waals surface area contributed by atoms with Crippen LogP contribution in [0.3, 0.4) is 0 Å². The lowest BCUT2D eigenvalue weighted by Crippen LogP contribution is -2.45. The van der Waals surface area contributed by atoms with Gasteiger partial charge in [-0.05, 0) is 51.0 Å². The standard InChI is InChI=1S/C34H31N5O2/c1-21-9-11-27-25-7-5-6-8-29(25)40-33(27)31(21)38-17-15-36(23(38)3)20-37-16-18-39(24(37)4)32-22(2)10-12-28-26-13-14-35-19-30(26)41-34(28)32/h5-19,23-24H,20H2,1-4H3/t23-,24+/m1/s1. The summed E-state index contributed by atoms with van der Waals surface area (Å²) in [6.07, 6.45) is 12.6. The first-order chi connectivity index (χ1) is 20.0. The number of hydrogen-bond donors (Lipinski definition) is 0. The molecule has 2 atom stereocenters. The Balaban J connectivity index is 1.08. The molecule has 0 spiro atoms. The van der Waals surface area contributed by atoms with Crippen molar-refractivity contribution in [3.8, 4) is 0 Å². The summed E-state index contributed by atoms with van der Waals surface area (Å²) in [7, 11) is 0. The molecule has 0 unspecified atom stereocenters. The van der Waals surface area contributed by atoms with Gasteiger partial charge >= 0.3 is 0 Å². The summed E-state index contributed by atoms with van der Waals surface area (Å²) in [6.45, 7) is 9.54. The lowest BCUT2D eigenvalue weighted by atomic mass is 10.1. The highest BCUT2D eigenvalue weighted by molar-refractivity contribution is 6.10. The zero-order chi connectivity index (χ0) is 27.8. The molecule has 2 aliphatic rings. The number of para-hydroxylation sites is 1. The largest absolute Gasteiger partial charge is 0.454 e. The van der Waals surface area contributed by atoms with Crippen molar-refractivity contribution in [2.24, 2.45) is 0 Å². The molecular formula is C34H31N5O2. The summed E-state index contributed by atoms with van der Waals surface area (Å²) in [4.78, 5) is 13.6. The third-order valence-corrected chi connectivity index (χ3v) is 8.79. The molecule has 0 bridgehead atoms. The first kappa shape index (κ1) is 23.9. The lowest BCUT2D eigenvalue weighted by molar-refractivity contribution is 0.176. The van der Waals surface area contributed by atoms with Gasteiger partial charge in [0.2, 0.25) is 0 Å². The van der Waals surface area contributed by atoms with Gasteiger partial charge in [0.25, 0.3) is 0 Å². The van der Waals surface area contributed by atoms with E-state index in [0.717, 1.165) is 61.9 Å². The van der Waals surface area contributed by atoms with Gasteiger partial charge in [0.15, 0.2) is 16.7 Å². The van der Waals surface area contributed by atoms with Crippen LogP contribution in [0.2, 0.25) is 0 Å². The van der Waals surface area contributed by atoms with E-state index in [-0.39, 0.29) is 12.3 Å². The molecule has 8 rings (SSSR count). The summed E-state index contributed by atoms with van der Waals surface area (Å²) in [5.74, 6) is 0. The number of anilines is 2. The average molecular weight is 542 g/mol. The van der Waals surface area contributed by atoms with Gasteiger partial charge in [-0.2, -0.15) is 0 Å². The molecule has 3 aromatic carbocycles. The molecule has 0 amide bonds. The van der Waals surface area contributed by atoms with Crippen LogP contribution in [0.15, 0.2) is 101 Å². The van der Waals surface area contributed by atoms with E-state index >= 15 is 0 Å². The highest BCUT2D eigenvalue weighted by atomic mass is 16.3. The van der Waals surface area contributed by atoms with Crippen molar-refractivity contribution in [1.29, 1.82) is 0 Å². The molecule has 0 N–H and O–H groups in total. The topological polar surface area (TPSA) is 52.1 Å². The minimum Gasteiger partial charge on any atom is -0.454 e. The van der Waals surface area contributed by atoms with Gasteiger partial charge in [-0.15, -0.1) is 0 Å². The van der Waals surface area contributed by atoms with Crippen molar-refractivity contribution < 1.29 is 8.83 Å². The Morgan fingerprint density at radius 3 is 1.83 bits per heavy atom. The van der Waals surface area contributed by atoms with Gasteiger partial charge < -0.3 is 28.4 Å². The fraction of sp³-hybridized carbons (Fsp3) is 0.206. The molecule has 0 saturated carbocycles. The van der Waals surface area contributed by atoms with Crippen LogP contribution in [0.4, 0.5) is 11.4 Å². The molecule has 0 fully saturated rings. The maximum Gasteiger partial charge on any atom is 0.159 e. The third-order valence-electron chi connectivity index (χ3n) is 8.79. The van der Waals surface area contributed by atoms with Crippen molar-refractivity contribution in [3.63, 3.8) is 0 Å². The number of aromatic nitrogens is 1. The van der Waals surface area contributed by atoms with Crippen LogP contribution in [-0.2, 0) is 0 Å². The first-order valence-electron chi connectivity index (χ1n) is 14.1. The summed E-state index contributed by atoms with van der Waals surface area (Å²) in [5, 5.41) is 4.51. The Labute approximate surface area is 238 Å². The van der Waals surface area contributed by atoms with Crippen molar-refractivity contribution in [3.05, 3.63) is 103 Å². The van der Waals surface area contributed by atoms with Crippen LogP contribution in [0.25, 0.3) is 43.9 Å². The lowest BCUT2D eigenvalue weighted by Gasteiger charge is -2.36. The second-order valence-corrected chi connectivity index (χ2v) is 11.1. The smallest absolute Gasteiger partial charge is 0.159 e. The van der Waals surface area contributed by atoms with Crippen LogP contribution in [-0.4, -0.2) is 33.8 Å². The summed E-state index contributed by atoms with van der Waals surface area (Å²) < 4.78 is 12.8. The molecule has 41 heavy (non-hydrogen) atoms. The average Bonchev–Trinajstić information content (AvgIpc) is 3.73. The molecule has 0 saturated heterocycles. The molecule has 2 aliphatic heterocycles. The van der Waals surface area contributed by atoms with E-state index in [9.17, 15) is 0 Å². The summed E-state index contributed by atoms with van der Waals surface area (Å²) in [6, 6.07) is 19.0. The van der Waals surface area contributed by atoms with E-state index in [0.29, 0.717) is 0 Å². The predicted octanol–water partition coefficient (Wildman–Crippen LogP) is 8.03. The quantitative estimate of drug-likeness (QED) is 0.224. The molecule has 0 radical (unpaired) electrons. The van der Waals surface area contributed by atoms with Gasteiger partial charge in [0.1, 0.15) is 17.9 Å². The minimum absolute atomic E-state index is 0.112. The fourth-order valence-electron chi connectivity index (χ4n) is 6.47. The number of fused-ring (bicyclic) bond motifs is 6. The molecule has 0 aliphatic carbocycles. The molecule has 3 aromatic heterocycles. The molecule has 7 nitrogen and oxygen atoms in total. The number of hydrogen-bond acceptors (Lipinski definition) is 7. The van der Waals surface area contributed by atoms with Crippen LogP contribution in [0, 0.1) is 13.8 Å². The van der Waals surface area contributed by atoms with Crippen molar-refractivity contribution in [2.45, 2.75) is 40.0 Å². The Morgan fingerprint density at radius 2 is 1.20 bits per heavy atom. The van der Waals surface area contributed by atoms with E-state index in [1.807, 2.05) is 24.4 Å². The van der Waals surface area contributed by atoms with Gasteiger partial charge in [-0.1, -0.05) is 42.5 Å². The molecule has 5 heterocycles. The van der Waals surface area contributed by atoms with Crippen molar-refractivity contribution >= 4 is 55.3 Å². The number of benzene rings is 3. The van der Waals surface area contributed by atoms with Crippen LogP contribution in [0.5, 0.6) is 0 Å². The zero-order valence-electron chi connectivity index (χ0n) is 23.6. The van der Waals surface area contributed by atoms with Gasteiger partial charge in [-0.3, -0.25) is 4.98 Å². The number of pyridine rings is 1. The SMILES string of the molecule is Cc1ccc2c(oc3ccccc32)c1N1C=CN(CN2C=CN(c3c(C)ccc4c3oc3cnccc34)[C@H]2C)[C@H]1C. The second-order valence-electron chi connectivity index (χ2n) is 11.1. The monoisotopic (exact) mass is 541 g/mol. The highest BCUT2D eigenvalue weighted by Crippen LogP contribution is 2.41. The zero-order valence-corrected chi connectivity index (χ0v) is 23.6. The summed E-state index contributed by atoms with van der Waals surface area (Å²) in [5.41, 5.74) is 8.17. The van der Waals surface area contributed by atoms with Crippen LogP contribution in [0.1, 0.15) is 25.0 Å². The molecular weight excluding hydrogens is 510 g/mol. The Hall–Kier alpha value is -4.91. The van der Waals surface area contributed by atoms with Crippen LogP contribution >= 0.6 is 0 Å². The van der Waals surface area contributed by atoms with E-state index in [1.54, 1.807) is 6.20 Å². The predicted molar refractivity (Wildman–Crippen MR) is 165 cm³/mol. The Bertz CT molecular complexity index is 1890. The van der Waals surface area contributed by atoms with Crippen molar-refractivity contribution in [2.75, 3.05) is 16.5 Å². The second kappa shape index (κ2) is 8.80. The molecule has 7 heteroatoms. The van der Waals surface area contributed by atoms with Crippen molar-refractivity contribution in [1.82, 2.24) is 14.8 Å². The Morgan fingerprint density at radius 1 is 0.634 bits per heavy atom. The van der Waals surface area contributed by atoms with Gasteiger partial charge in [-0.25, -0.2) is 0 Å². The number of rotatable bonds is 4. The van der Waals surface area contributed by atoms with Gasteiger partial charge in [0.05, 0.1) is 24.2 Å². The maximum absolute atomic E-state index is 6.41. The van der Waals surface area contributed by atoms with E-state index in [2.05, 4.69) is 113 Å². The van der Waals surface area contributed by atoms with Crippen LogP contribution < -0.4 is 9.80 Å².